The minimum atomic E-state index is -0.388. The van der Waals surface area contributed by atoms with Crippen LogP contribution in [0.1, 0.15) is 42.8 Å². The number of aromatic nitrogens is 1. The molecule has 1 aromatic rings. The number of thiazole rings is 1. The summed E-state index contributed by atoms with van der Waals surface area (Å²) in [6.07, 6.45) is 5.82. The Hall–Kier alpha value is -1.43. The summed E-state index contributed by atoms with van der Waals surface area (Å²) in [6, 6.07) is 0. The molecule has 0 atom stereocenters. The number of hydrogen-bond acceptors (Lipinski definition) is 5. The van der Waals surface area contributed by atoms with E-state index in [1.54, 1.807) is 0 Å². The van der Waals surface area contributed by atoms with Crippen LogP contribution in [0.2, 0.25) is 0 Å². The predicted molar refractivity (Wildman–Crippen MR) is 81.2 cm³/mol. The molecule has 0 bridgehead atoms. The van der Waals surface area contributed by atoms with Crippen LogP contribution in [0.15, 0.2) is 5.38 Å². The lowest BCUT2D eigenvalue weighted by Crippen LogP contribution is -2.37. The summed E-state index contributed by atoms with van der Waals surface area (Å²) in [4.78, 5) is 29.8. The largest absolute Gasteiger partial charge is 0.455 e. The van der Waals surface area contributed by atoms with Crippen molar-refractivity contribution in [2.45, 2.75) is 45.4 Å². The van der Waals surface area contributed by atoms with Crippen molar-refractivity contribution in [3.8, 4) is 0 Å². The van der Waals surface area contributed by atoms with E-state index in [1.165, 1.54) is 30.6 Å². The molecule has 0 aromatic carbocycles. The van der Waals surface area contributed by atoms with Gasteiger partial charge in [-0.3, -0.25) is 9.59 Å². The summed E-state index contributed by atoms with van der Waals surface area (Å²) in [5.74, 6) is -0.472. The van der Waals surface area contributed by atoms with Crippen molar-refractivity contribution >= 4 is 23.2 Å². The average molecular weight is 310 g/mol. The minimum Gasteiger partial charge on any atom is -0.455 e. The Balaban J connectivity index is 1.73. The van der Waals surface area contributed by atoms with Gasteiger partial charge in [0.15, 0.2) is 6.61 Å². The molecule has 1 aromatic heterocycles. The molecule has 1 aliphatic rings. The fraction of sp³-hybridized carbons (Fsp3) is 0.667. The van der Waals surface area contributed by atoms with E-state index < -0.39 is 0 Å². The van der Waals surface area contributed by atoms with Crippen LogP contribution in [0.25, 0.3) is 0 Å². The lowest BCUT2D eigenvalue weighted by molar-refractivity contribution is -0.151. The highest BCUT2D eigenvalue weighted by Crippen LogP contribution is 2.11. The molecule has 1 amide bonds. The van der Waals surface area contributed by atoms with E-state index in [-0.39, 0.29) is 24.9 Å². The highest BCUT2D eigenvalue weighted by Gasteiger charge is 2.17. The van der Waals surface area contributed by atoms with Gasteiger partial charge in [0.2, 0.25) is 0 Å². The maximum atomic E-state index is 12.1. The number of nitrogens with zero attached hydrogens (tertiary/aromatic N) is 2. The monoisotopic (exact) mass is 310 g/mol. The van der Waals surface area contributed by atoms with Crippen molar-refractivity contribution in [2.24, 2.45) is 0 Å². The third-order valence-electron chi connectivity index (χ3n) is 3.56. The maximum absolute atomic E-state index is 12.1. The summed E-state index contributed by atoms with van der Waals surface area (Å²) in [6.45, 7) is 3.30. The zero-order valence-electron chi connectivity index (χ0n) is 12.5. The first kappa shape index (κ1) is 15.9. The first-order chi connectivity index (χ1) is 10.1. The normalized spacial score (nSPS) is 16.1. The average Bonchev–Trinajstić information content (AvgIpc) is 2.81. The van der Waals surface area contributed by atoms with Crippen LogP contribution in [0, 0.1) is 6.92 Å². The van der Waals surface area contributed by atoms with Gasteiger partial charge in [-0.15, -0.1) is 11.3 Å². The molecule has 21 heavy (non-hydrogen) atoms. The standard InChI is InChI=1S/C15H22N2O3S/c1-12-16-13(11-21-12)9-15(19)20-10-14(18)17-7-5-3-2-4-6-8-17/h11H,2-10H2,1H3. The number of likely N-dealkylation sites (tertiary alicyclic amines) is 1. The van der Waals surface area contributed by atoms with Gasteiger partial charge in [-0.05, 0) is 19.8 Å². The van der Waals surface area contributed by atoms with Crippen molar-refractivity contribution in [3.05, 3.63) is 16.1 Å². The van der Waals surface area contributed by atoms with Crippen molar-refractivity contribution in [1.29, 1.82) is 0 Å². The molecule has 1 saturated heterocycles. The number of rotatable bonds is 4. The van der Waals surface area contributed by atoms with Crippen LogP contribution in [-0.2, 0) is 20.7 Å². The van der Waals surface area contributed by atoms with Gasteiger partial charge in [0.05, 0.1) is 17.1 Å². The molecule has 1 aliphatic heterocycles. The van der Waals surface area contributed by atoms with Crippen molar-refractivity contribution in [1.82, 2.24) is 9.88 Å². The Labute approximate surface area is 129 Å². The molecular weight excluding hydrogens is 288 g/mol. The fourth-order valence-electron chi connectivity index (χ4n) is 2.42. The Bertz CT molecular complexity index is 479. The Morgan fingerprint density at radius 3 is 2.52 bits per heavy atom. The van der Waals surface area contributed by atoms with Gasteiger partial charge in [0.1, 0.15) is 0 Å². The van der Waals surface area contributed by atoms with Gasteiger partial charge < -0.3 is 9.64 Å². The van der Waals surface area contributed by atoms with Crippen LogP contribution in [0.4, 0.5) is 0 Å². The van der Waals surface area contributed by atoms with Crippen LogP contribution < -0.4 is 0 Å². The summed E-state index contributed by atoms with van der Waals surface area (Å²) in [5, 5.41) is 2.77. The fourth-order valence-corrected chi connectivity index (χ4v) is 3.03. The number of amides is 1. The molecule has 0 N–H and O–H groups in total. The summed E-state index contributed by atoms with van der Waals surface area (Å²) in [5.41, 5.74) is 0.709. The van der Waals surface area contributed by atoms with Crippen LogP contribution in [0.3, 0.4) is 0 Å². The van der Waals surface area contributed by atoms with E-state index in [0.29, 0.717) is 5.69 Å². The van der Waals surface area contributed by atoms with Gasteiger partial charge in [0.25, 0.3) is 5.91 Å². The molecule has 1 fully saturated rings. The van der Waals surface area contributed by atoms with Crippen molar-refractivity contribution < 1.29 is 14.3 Å². The summed E-state index contributed by atoms with van der Waals surface area (Å²) >= 11 is 1.50. The molecular formula is C15H22N2O3S. The van der Waals surface area contributed by atoms with Gasteiger partial charge in [-0.1, -0.05) is 19.3 Å². The Morgan fingerprint density at radius 2 is 1.90 bits per heavy atom. The molecule has 2 rings (SSSR count). The molecule has 6 heteroatoms. The van der Waals surface area contributed by atoms with E-state index in [0.717, 1.165) is 30.9 Å². The maximum Gasteiger partial charge on any atom is 0.312 e. The lowest BCUT2D eigenvalue weighted by Gasteiger charge is -2.24. The van der Waals surface area contributed by atoms with Crippen LogP contribution >= 0.6 is 11.3 Å². The summed E-state index contributed by atoms with van der Waals surface area (Å²) < 4.78 is 5.08. The first-order valence-electron chi connectivity index (χ1n) is 7.49. The van der Waals surface area contributed by atoms with Gasteiger partial charge in [0, 0.05) is 18.5 Å². The van der Waals surface area contributed by atoms with E-state index in [9.17, 15) is 9.59 Å². The van der Waals surface area contributed by atoms with Gasteiger partial charge in [-0.25, -0.2) is 4.98 Å². The molecule has 0 radical (unpaired) electrons. The molecule has 0 aliphatic carbocycles. The van der Waals surface area contributed by atoms with Crippen LogP contribution in [0.5, 0.6) is 0 Å². The zero-order valence-corrected chi connectivity index (χ0v) is 13.3. The van der Waals surface area contributed by atoms with Gasteiger partial charge >= 0.3 is 5.97 Å². The first-order valence-corrected chi connectivity index (χ1v) is 8.37. The second-order valence-electron chi connectivity index (χ2n) is 5.34. The molecule has 5 nitrogen and oxygen atoms in total. The smallest absolute Gasteiger partial charge is 0.312 e. The van der Waals surface area contributed by atoms with E-state index in [4.69, 9.17) is 4.74 Å². The van der Waals surface area contributed by atoms with Gasteiger partial charge in [-0.2, -0.15) is 0 Å². The lowest BCUT2D eigenvalue weighted by atomic mass is 10.1. The highest BCUT2D eigenvalue weighted by atomic mass is 32.1. The molecule has 0 saturated carbocycles. The highest BCUT2D eigenvalue weighted by molar-refractivity contribution is 7.09. The van der Waals surface area contributed by atoms with E-state index in [2.05, 4.69) is 4.98 Å². The Morgan fingerprint density at radius 1 is 1.24 bits per heavy atom. The number of hydrogen-bond donors (Lipinski definition) is 0. The summed E-state index contributed by atoms with van der Waals surface area (Å²) in [7, 11) is 0. The third-order valence-corrected chi connectivity index (χ3v) is 4.38. The zero-order chi connectivity index (χ0) is 15.1. The topological polar surface area (TPSA) is 59.5 Å². The number of ether oxygens (including phenoxy) is 1. The number of esters is 1. The number of carbonyl (C=O) groups is 2. The number of aryl methyl sites for hydroxylation is 1. The van der Waals surface area contributed by atoms with E-state index >= 15 is 0 Å². The minimum absolute atomic E-state index is 0.0836. The Kier molecular flexibility index (Phi) is 6.17. The molecule has 2 heterocycles. The third kappa shape index (κ3) is 5.46. The number of carbonyl (C=O) groups excluding carboxylic acids is 2. The SMILES string of the molecule is Cc1nc(CC(=O)OCC(=O)N2CCCCCCC2)cs1. The molecule has 0 spiro atoms. The molecule has 0 unspecified atom stereocenters. The predicted octanol–water partition coefficient (Wildman–Crippen LogP) is 2.33. The van der Waals surface area contributed by atoms with Crippen LogP contribution in [-0.4, -0.2) is 41.5 Å². The quantitative estimate of drug-likeness (QED) is 0.801. The van der Waals surface area contributed by atoms with E-state index in [1.807, 2.05) is 17.2 Å². The van der Waals surface area contributed by atoms with Crippen molar-refractivity contribution in [3.63, 3.8) is 0 Å². The second kappa shape index (κ2) is 8.12. The molecule has 116 valence electrons. The second-order valence-corrected chi connectivity index (χ2v) is 6.41. The van der Waals surface area contributed by atoms with Crippen molar-refractivity contribution in [2.75, 3.05) is 19.7 Å².